The van der Waals surface area contributed by atoms with Crippen LogP contribution in [0, 0.1) is 0 Å². The van der Waals surface area contributed by atoms with Crippen molar-refractivity contribution in [2.45, 2.75) is 18.8 Å². The van der Waals surface area contributed by atoms with Crippen molar-refractivity contribution < 1.29 is 0 Å². The minimum Gasteiger partial charge on any atom is -0.384 e. The molecule has 2 aromatic heterocycles. The van der Waals surface area contributed by atoms with E-state index in [0.717, 1.165) is 28.0 Å². The summed E-state index contributed by atoms with van der Waals surface area (Å²) in [5, 5.41) is 1.11. The van der Waals surface area contributed by atoms with Gasteiger partial charge < -0.3 is 5.73 Å². The molecule has 0 atom stereocenters. The summed E-state index contributed by atoms with van der Waals surface area (Å²) >= 11 is 0. The number of fused-ring (bicyclic) bond motifs is 1. The normalized spacial score (nSPS) is 14.6. The fourth-order valence-corrected chi connectivity index (χ4v) is 2.37. The van der Waals surface area contributed by atoms with Crippen LogP contribution < -0.4 is 5.73 Å². The molecule has 2 heterocycles. The monoisotopic (exact) mass is 262 g/mol. The number of para-hydroxylation sites is 1. The fraction of sp³-hybridized carbons (Fsp3) is 0.188. The van der Waals surface area contributed by atoms with Gasteiger partial charge in [-0.3, -0.25) is 4.98 Å². The topological polar surface area (TPSA) is 64.7 Å². The Bertz CT molecular complexity index is 793. The zero-order valence-corrected chi connectivity index (χ0v) is 11.0. The predicted molar refractivity (Wildman–Crippen MR) is 79.2 cm³/mol. The van der Waals surface area contributed by atoms with Crippen molar-refractivity contribution in [1.82, 2.24) is 15.0 Å². The smallest absolute Gasteiger partial charge is 0.134 e. The predicted octanol–water partition coefficient (Wildman–Crippen LogP) is 3.15. The van der Waals surface area contributed by atoms with Gasteiger partial charge in [0.15, 0.2) is 0 Å². The summed E-state index contributed by atoms with van der Waals surface area (Å²) < 4.78 is 0. The second-order valence-electron chi connectivity index (χ2n) is 5.23. The van der Waals surface area contributed by atoms with E-state index in [9.17, 15) is 0 Å². The first-order valence-corrected chi connectivity index (χ1v) is 6.79. The maximum Gasteiger partial charge on any atom is 0.134 e. The third-order valence-electron chi connectivity index (χ3n) is 3.59. The third kappa shape index (κ3) is 1.99. The van der Waals surface area contributed by atoms with Crippen molar-refractivity contribution in [3.05, 3.63) is 48.4 Å². The molecular formula is C16H14N4. The second-order valence-corrected chi connectivity index (χ2v) is 5.23. The van der Waals surface area contributed by atoms with Gasteiger partial charge in [0.1, 0.15) is 11.6 Å². The highest BCUT2D eigenvalue weighted by atomic mass is 15.0. The van der Waals surface area contributed by atoms with Crippen molar-refractivity contribution in [2.75, 3.05) is 5.73 Å². The standard InChI is InChI=1S/C16H14N4/c17-15-8-14(19-16(20-15)10-5-6-10)12-7-11-3-1-2-4-13(11)18-9-12/h1-4,7-10H,5-6H2,(H2,17,19,20). The minimum atomic E-state index is 0.491. The Morgan fingerprint density at radius 1 is 1.05 bits per heavy atom. The van der Waals surface area contributed by atoms with Crippen LogP contribution in [-0.4, -0.2) is 15.0 Å². The lowest BCUT2D eigenvalue weighted by Crippen LogP contribution is -2.00. The quantitative estimate of drug-likeness (QED) is 0.770. The number of nitrogens with zero attached hydrogens (tertiary/aromatic N) is 3. The van der Waals surface area contributed by atoms with Gasteiger partial charge in [-0.05, 0) is 25.0 Å². The molecule has 0 bridgehead atoms. The van der Waals surface area contributed by atoms with Crippen molar-refractivity contribution in [2.24, 2.45) is 0 Å². The van der Waals surface area contributed by atoms with Crippen molar-refractivity contribution in [3.8, 4) is 11.3 Å². The SMILES string of the molecule is Nc1cc(-c2cnc3ccccc3c2)nc(C2CC2)n1. The maximum absolute atomic E-state index is 5.90. The van der Waals surface area contributed by atoms with Gasteiger partial charge in [0.25, 0.3) is 0 Å². The number of benzene rings is 1. The molecule has 2 N–H and O–H groups in total. The van der Waals surface area contributed by atoms with Gasteiger partial charge in [-0.25, -0.2) is 9.97 Å². The molecule has 98 valence electrons. The molecule has 4 rings (SSSR count). The molecule has 4 nitrogen and oxygen atoms in total. The van der Waals surface area contributed by atoms with E-state index in [1.807, 2.05) is 30.5 Å². The number of hydrogen-bond donors (Lipinski definition) is 1. The number of nitrogen functional groups attached to an aromatic ring is 1. The first kappa shape index (κ1) is 11.3. The number of hydrogen-bond acceptors (Lipinski definition) is 4. The number of pyridine rings is 1. The number of rotatable bonds is 2. The van der Waals surface area contributed by atoms with E-state index in [4.69, 9.17) is 5.73 Å². The van der Waals surface area contributed by atoms with Gasteiger partial charge in [-0.1, -0.05) is 18.2 Å². The summed E-state index contributed by atoms with van der Waals surface area (Å²) in [6.45, 7) is 0. The molecule has 0 radical (unpaired) electrons. The second kappa shape index (κ2) is 4.27. The van der Waals surface area contributed by atoms with Gasteiger partial charge >= 0.3 is 0 Å². The molecule has 0 spiro atoms. The molecule has 20 heavy (non-hydrogen) atoms. The van der Waals surface area contributed by atoms with Crippen LogP contribution in [0.1, 0.15) is 24.6 Å². The summed E-state index contributed by atoms with van der Waals surface area (Å²) in [5.74, 6) is 1.89. The molecule has 1 aromatic carbocycles. The van der Waals surface area contributed by atoms with Crippen molar-refractivity contribution >= 4 is 16.7 Å². The van der Waals surface area contributed by atoms with E-state index in [2.05, 4.69) is 27.1 Å². The van der Waals surface area contributed by atoms with Gasteiger partial charge in [0.2, 0.25) is 0 Å². The zero-order valence-electron chi connectivity index (χ0n) is 11.0. The molecule has 1 saturated carbocycles. The highest BCUT2D eigenvalue weighted by molar-refractivity contribution is 5.82. The Morgan fingerprint density at radius 3 is 2.75 bits per heavy atom. The summed E-state index contributed by atoms with van der Waals surface area (Å²) in [5.41, 5.74) is 8.73. The molecule has 1 aliphatic carbocycles. The van der Waals surface area contributed by atoms with Crippen LogP contribution in [0.3, 0.4) is 0 Å². The fourth-order valence-electron chi connectivity index (χ4n) is 2.37. The van der Waals surface area contributed by atoms with Crippen LogP contribution >= 0.6 is 0 Å². The first-order valence-electron chi connectivity index (χ1n) is 6.79. The van der Waals surface area contributed by atoms with Gasteiger partial charge in [0, 0.05) is 29.1 Å². The van der Waals surface area contributed by atoms with E-state index in [1.165, 1.54) is 12.8 Å². The first-order chi connectivity index (χ1) is 9.79. The van der Waals surface area contributed by atoms with Crippen LogP contribution in [0.15, 0.2) is 42.6 Å². The van der Waals surface area contributed by atoms with E-state index < -0.39 is 0 Å². The summed E-state index contributed by atoms with van der Waals surface area (Å²) in [6, 6.07) is 12.0. The van der Waals surface area contributed by atoms with Crippen LogP contribution in [-0.2, 0) is 0 Å². The molecule has 1 aliphatic rings. The number of aromatic nitrogens is 3. The summed E-state index contributed by atoms with van der Waals surface area (Å²) in [4.78, 5) is 13.4. The molecular weight excluding hydrogens is 248 g/mol. The Balaban J connectivity index is 1.85. The minimum absolute atomic E-state index is 0.491. The third-order valence-corrected chi connectivity index (χ3v) is 3.59. The lowest BCUT2D eigenvalue weighted by atomic mass is 10.1. The maximum atomic E-state index is 5.90. The molecule has 0 saturated heterocycles. The molecule has 1 fully saturated rings. The molecule has 3 aromatic rings. The highest BCUT2D eigenvalue weighted by Gasteiger charge is 2.27. The number of anilines is 1. The number of nitrogens with two attached hydrogens (primary N) is 1. The van der Waals surface area contributed by atoms with E-state index in [1.54, 1.807) is 0 Å². The average Bonchev–Trinajstić information content (AvgIpc) is 3.31. The Hall–Kier alpha value is -2.49. The van der Waals surface area contributed by atoms with E-state index in [0.29, 0.717) is 11.7 Å². The van der Waals surface area contributed by atoms with Crippen molar-refractivity contribution in [3.63, 3.8) is 0 Å². The lowest BCUT2D eigenvalue weighted by Gasteiger charge is -2.06. The Labute approximate surface area is 116 Å². The average molecular weight is 262 g/mol. The van der Waals surface area contributed by atoms with Gasteiger partial charge in [-0.15, -0.1) is 0 Å². The zero-order chi connectivity index (χ0) is 13.5. The largest absolute Gasteiger partial charge is 0.384 e. The lowest BCUT2D eigenvalue weighted by molar-refractivity contribution is 0.936. The van der Waals surface area contributed by atoms with Crippen LogP contribution in [0.5, 0.6) is 0 Å². The highest BCUT2D eigenvalue weighted by Crippen LogP contribution is 2.39. The van der Waals surface area contributed by atoms with Crippen LogP contribution in [0.2, 0.25) is 0 Å². The summed E-state index contributed by atoms with van der Waals surface area (Å²) in [7, 11) is 0. The van der Waals surface area contributed by atoms with Gasteiger partial charge in [-0.2, -0.15) is 0 Å². The summed E-state index contributed by atoms with van der Waals surface area (Å²) in [6.07, 6.45) is 4.18. The molecule has 0 aliphatic heterocycles. The van der Waals surface area contributed by atoms with E-state index >= 15 is 0 Å². The van der Waals surface area contributed by atoms with Crippen molar-refractivity contribution in [1.29, 1.82) is 0 Å². The molecule has 0 amide bonds. The van der Waals surface area contributed by atoms with Crippen LogP contribution in [0.4, 0.5) is 5.82 Å². The van der Waals surface area contributed by atoms with E-state index in [-0.39, 0.29) is 0 Å². The Morgan fingerprint density at radius 2 is 1.90 bits per heavy atom. The molecule has 0 unspecified atom stereocenters. The molecule has 4 heteroatoms. The Kier molecular flexibility index (Phi) is 2.42. The van der Waals surface area contributed by atoms with Gasteiger partial charge in [0.05, 0.1) is 11.2 Å². The van der Waals surface area contributed by atoms with Crippen LogP contribution in [0.25, 0.3) is 22.2 Å².